The number of hydrogen-bond acceptors (Lipinski definition) is 4. The van der Waals surface area contributed by atoms with E-state index in [1.165, 1.54) is 0 Å². The number of aromatic nitrogens is 1. The molecule has 110 valence electrons. The monoisotopic (exact) mass is 285 g/mol. The second-order valence-corrected chi connectivity index (χ2v) is 5.93. The van der Waals surface area contributed by atoms with Crippen molar-refractivity contribution < 1.29 is 9.32 Å². The van der Waals surface area contributed by atoms with E-state index in [0.29, 0.717) is 25.3 Å². The summed E-state index contributed by atoms with van der Waals surface area (Å²) in [5.41, 5.74) is 7.41. The first-order valence-electron chi connectivity index (χ1n) is 7.13. The van der Waals surface area contributed by atoms with Gasteiger partial charge in [-0.1, -0.05) is 42.4 Å². The van der Waals surface area contributed by atoms with Crippen LogP contribution >= 0.6 is 0 Å². The standard InChI is InChI=1S/C16H19N3O2/c1-16(10-17)7-8-19(11-16)15(20)14-9-13(18-21-14)12-5-3-2-4-6-12/h2-6,9H,7-8,10-11,17H2,1H3. The van der Waals surface area contributed by atoms with Crippen LogP contribution in [0.25, 0.3) is 11.3 Å². The molecule has 1 unspecified atom stereocenters. The number of nitrogens with zero attached hydrogens (tertiary/aromatic N) is 2. The fourth-order valence-corrected chi connectivity index (χ4v) is 2.64. The molecule has 1 aromatic carbocycles. The fraction of sp³-hybridized carbons (Fsp3) is 0.375. The van der Waals surface area contributed by atoms with Crippen molar-refractivity contribution in [3.8, 4) is 11.3 Å². The van der Waals surface area contributed by atoms with Gasteiger partial charge in [-0.3, -0.25) is 4.79 Å². The number of nitrogens with two attached hydrogens (primary N) is 1. The average Bonchev–Trinajstić information content (AvgIpc) is 3.15. The molecule has 2 aromatic rings. The molecule has 0 saturated carbocycles. The highest BCUT2D eigenvalue weighted by atomic mass is 16.5. The summed E-state index contributed by atoms with van der Waals surface area (Å²) >= 11 is 0. The van der Waals surface area contributed by atoms with Gasteiger partial charge in [-0.2, -0.15) is 0 Å². The van der Waals surface area contributed by atoms with Crippen molar-refractivity contribution in [1.29, 1.82) is 0 Å². The maximum absolute atomic E-state index is 12.4. The number of likely N-dealkylation sites (tertiary alicyclic amines) is 1. The lowest BCUT2D eigenvalue weighted by Crippen LogP contribution is -2.34. The summed E-state index contributed by atoms with van der Waals surface area (Å²) < 4.78 is 5.22. The molecule has 1 atom stereocenters. The van der Waals surface area contributed by atoms with Gasteiger partial charge >= 0.3 is 0 Å². The molecule has 3 rings (SSSR count). The minimum absolute atomic E-state index is 0.0118. The zero-order chi connectivity index (χ0) is 14.9. The van der Waals surface area contributed by atoms with Crippen molar-refractivity contribution in [2.45, 2.75) is 13.3 Å². The van der Waals surface area contributed by atoms with E-state index in [4.69, 9.17) is 10.3 Å². The van der Waals surface area contributed by atoms with Gasteiger partial charge in [0, 0.05) is 24.7 Å². The van der Waals surface area contributed by atoms with Crippen LogP contribution in [0.5, 0.6) is 0 Å². The smallest absolute Gasteiger partial charge is 0.292 e. The van der Waals surface area contributed by atoms with Gasteiger partial charge in [-0.15, -0.1) is 0 Å². The van der Waals surface area contributed by atoms with Crippen LogP contribution in [0.3, 0.4) is 0 Å². The summed E-state index contributed by atoms with van der Waals surface area (Å²) in [6.45, 7) is 4.08. The van der Waals surface area contributed by atoms with Crippen LogP contribution < -0.4 is 5.73 Å². The molecule has 0 bridgehead atoms. The molecule has 5 nitrogen and oxygen atoms in total. The fourth-order valence-electron chi connectivity index (χ4n) is 2.64. The molecule has 1 saturated heterocycles. The third kappa shape index (κ3) is 2.69. The zero-order valence-electron chi connectivity index (χ0n) is 12.1. The van der Waals surface area contributed by atoms with Gasteiger partial charge in [0.25, 0.3) is 5.91 Å². The number of carbonyl (C=O) groups is 1. The minimum Gasteiger partial charge on any atom is -0.350 e. The van der Waals surface area contributed by atoms with Gasteiger partial charge in [0.05, 0.1) is 0 Å². The zero-order valence-corrected chi connectivity index (χ0v) is 12.1. The SMILES string of the molecule is CC1(CN)CCN(C(=O)c2cc(-c3ccccc3)no2)C1. The van der Waals surface area contributed by atoms with E-state index in [2.05, 4.69) is 12.1 Å². The van der Waals surface area contributed by atoms with Gasteiger partial charge < -0.3 is 15.2 Å². The second-order valence-electron chi connectivity index (χ2n) is 5.93. The third-order valence-electron chi connectivity index (χ3n) is 4.13. The molecule has 0 radical (unpaired) electrons. The molecule has 0 spiro atoms. The Morgan fingerprint density at radius 3 is 2.86 bits per heavy atom. The Labute approximate surface area is 123 Å². The molecule has 1 fully saturated rings. The lowest BCUT2D eigenvalue weighted by Gasteiger charge is -2.21. The lowest BCUT2D eigenvalue weighted by molar-refractivity contribution is 0.0735. The quantitative estimate of drug-likeness (QED) is 0.938. The van der Waals surface area contributed by atoms with Crippen molar-refractivity contribution in [3.05, 3.63) is 42.2 Å². The molecule has 21 heavy (non-hydrogen) atoms. The van der Waals surface area contributed by atoms with Crippen molar-refractivity contribution in [3.63, 3.8) is 0 Å². The second kappa shape index (κ2) is 5.33. The Morgan fingerprint density at radius 2 is 2.19 bits per heavy atom. The molecular weight excluding hydrogens is 266 g/mol. The first-order valence-corrected chi connectivity index (χ1v) is 7.13. The Bertz CT molecular complexity index is 638. The summed E-state index contributed by atoms with van der Waals surface area (Å²) in [7, 11) is 0. The molecule has 1 amide bonds. The summed E-state index contributed by atoms with van der Waals surface area (Å²) in [4.78, 5) is 14.2. The Kier molecular flexibility index (Phi) is 3.51. The topological polar surface area (TPSA) is 72.4 Å². The first kappa shape index (κ1) is 13.8. The van der Waals surface area contributed by atoms with Gasteiger partial charge in [0.1, 0.15) is 5.69 Å². The molecule has 1 aliphatic heterocycles. The molecule has 2 N–H and O–H groups in total. The third-order valence-corrected chi connectivity index (χ3v) is 4.13. The molecular formula is C16H19N3O2. The van der Waals surface area contributed by atoms with E-state index < -0.39 is 0 Å². The van der Waals surface area contributed by atoms with Crippen LogP contribution in [0.4, 0.5) is 0 Å². The van der Waals surface area contributed by atoms with Gasteiger partial charge in [0.2, 0.25) is 5.76 Å². The van der Waals surface area contributed by atoms with Crippen LogP contribution in [0.15, 0.2) is 40.9 Å². The Hall–Kier alpha value is -2.14. The van der Waals surface area contributed by atoms with Crippen molar-refractivity contribution in [2.75, 3.05) is 19.6 Å². The molecule has 1 aromatic heterocycles. The highest BCUT2D eigenvalue weighted by Crippen LogP contribution is 2.30. The first-order chi connectivity index (χ1) is 10.1. The van der Waals surface area contributed by atoms with E-state index in [9.17, 15) is 4.79 Å². The summed E-state index contributed by atoms with van der Waals surface area (Å²) in [6, 6.07) is 11.4. The van der Waals surface area contributed by atoms with Crippen molar-refractivity contribution in [1.82, 2.24) is 10.1 Å². The molecule has 0 aliphatic carbocycles. The molecule has 1 aliphatic rings. The van der Waals surface area contributed by atoms with Crippen LogP contribution in [0.1, 0.15) is 23.9 Å². The average molecular weight is 285 g/mol. The van der Waals surface area contributed by atoms with E-state index in [1.54, 1.807) is 11.0 Å². The highest BCUT2D eigenvalue weighted by molar-refractivity contribution is 5.92. The summed E-state index contributed by atoms with van der Waals surface area (Å²) in [6.07, 6.45) is 0.926. The van der Waals surface area contributed by atoms with Crippen LogP contribution in [-0.4, -0.2) is 35.6 Å². The summed E-state index contributed by atoms with van der Waals surface area (Å²) in [5.74, 6) is 0.178. The number of amides is 1. The maximum Gasteiger partial charge on any atom is 0.292 e. The van der Waals surface area contributed by atoms with Crippen LogP contribution in [0.2, 0.25) is 0 Å². The number of benzene rings is 1. The number of hydrogen-bond donors (Lipinski definition) is 1. The molecule has 5 heteroatoms. The van der Waals surface area contributed by atoms with Crippen LogP contribution in [0, 0.1) is 5.41 Å². The largest absolute Gasteiger partial charge is 0.350 e. The maximum atomic E-state index is 12.4. The number of carbonyl (C=O) groups excluding carboxylic acids is 1. The Morgan fingerprint density at radius 1 is 1.43 bits per heavy atom. The summed E-state index contributed by atoms with van der Waals surface area (Å²) in [5, 5.41) is 3.99. The van der Waals surface area contributed by atoms with E-state index >= 15 is 0 Å². The van der Waals surface area contributed by atoms with Crippen molar-refractivity contribution >= 4 is 5.91 Å². The number of rotatable bonds is 3. The van der Waals surface area contributed by atoms with Gasteiger partial charge in [0.15, 0.2) is 0 Å². The van der Waals surface area contributed by atoms with Gasteiger partial charge in [-0.05, 0) is 18.4 Å². The van der Waals surface area contributed by atoms with Crippen molar-refractivity contribution in [2.24, 2.45) is 11.1 Å². The minimum atomic E-state index is -0.109. The predicted molar refractivity (Wildman–Crippen MR) is 79.6 cm³/mol. The van der Waals surface area contributed by atoms with E-state index in [1.807, 2.05) is 30.3 Å². The van der Waals surface area contributed by atoms with E-state index in [-0.39, 0.29) is 17.1 Å². The predicted octanol–water partition coefficient (Wildman–Crippen LogP) is 2.15. The van der Waals surface area contributed by atoms with E-state index in [0.717, 1.165) is 12.0 Å². The Balaban J connectivity index is 1.77. The van der Waals surface area contributed by atoms with Gasteiger partial charge in [-0.25, -0.2) is 0 Å². The lowest BCUT2D eigenvalue weighted by atomic mass is 9.90. The molecule has 2 heterocycles. The normalized spacial score (nSPS) is 21.7. The highest BCUT2D eigenvalue weighted by Gasteiger charge is 2.36. The van der Waals surface area contributed by atoms with Crippen LogP contribution in [-0.2, 0) is 0 Å².